The number of benzene rings is 1. The molecule has 2 atom stereocenters. The van der Waals surface area contributed by atoms with Crippen LogP contribution >= 0.6 is 11.6 Å². The van der Waals surface area contributed by atoms with Crippen LogP contribution < -0.4 is 4.74 Å². The van der Waals surface area contributed by atoms with Crippen molar-refractivity contribution in [2.24, 2.45) is 0 Å². The van der Waals surface area contributed by atoms with Gasteiger partial charge in [0.25, 0.3) is 0 Å². The molecule has 1 amide bonds. The molecule has 1 saturated heterocycles. The number of pyridine rings is 1. The number of hydrogen-bond acceptors (Lipinski definition) is 7. The molecule has 4 aromatic rings. The van der Waals surface area contributed by atoms with Crippen LogP contribution in [0.4, 0.5) is 13.2 Å². The van der Waals surface area contributed by atoms with Gasteiger partial charge < -0.3 is 14.6 Å². The Morgan fingerprint density at radius 2 is 2.08 bits per heavy atom. The molecule has 0 spiro atoms. The standard InChI is InChI=1S/C24H18ClF3N8O2/c25-15-2-4-17(35-11-31-33-34-35)21(22(15)26)13-7-14-1-3-18(36(14)20(37)9-13)23-30-10-16(32-23)12-5-6-29-19(8-12)38-24(27)28/h2,4-6,8-11,14,18,24H,1,3,7H2,(H,30,32)/t14?,18-/m0/s1. The number of aromatic amines is 1. The van der Waals surface area contributed by atoms with Crippen molar-refractivity contribution in [2.45, 2.75) is 38.0 Å². The van der Waals surface area contributed by atoms with Gasteiger partial charge in [0.1, 0.15) is 12.2 Å². The maximum Gasteiger partial charge on any atom is 0.388 e. The molecular weight excluding hydrogens is 525 g/mol. The molecule has 0 aliphatic carbocycles. The molecule has 6 rings (SSSR count). The zero-order valence-electron chi connectivity index (χ0n) is 19.4. The van der Waals surface area contributed by atoms with Crippen molar-refractivity contribution in [3.8, 4) is 22.8 Å². The second-order valence-electron chi connectivity index (χ2n) is 8.81. The van der Waals surface area contributed by atoms with E-state index in [1.54, 1.807) is 23.2 Å². The van der Waals surface area contributed by atoms with Gasteiger partial charge in [0, 0.05) is 41.7 Å². The first kappa shape index (κ1) is 24.1. The molecule has 0 radical (unpaired) electrons. The third-order valence-corrected chi connectivity index (χ3v) is 6.95. The quantitative estimate of drug-likeness (QED) is 0.385. The highest BCUT2D eigenvalue weighted by Gasteiger charge is 2.42. The van der Waals surface area contributed by atoms with Crippen molar-refractivity contribution in [1.82, 2.24) is 40.1 Å². The van der Waals surface area contributed by atoms with Gasteiger partial charge >= 0.3 is 6.61 Å². The van der Waals surface area contributed by atoms with Crippen LogP contribution in [0.25, 0.3) is 22.5 Å². The number of aromatic nitrogens is 7. The van der Waals surface area contributed by atoms with E-state index in [1.165, 1.54) is 35.4 Å². The number of H-pyrrole nitrogens is 1. The lowest BCUT2D eigenvalue weighted by Crippen LogP contribution is -2.39. The maximum atomic E-state index is 15.3. The number of nitrogens with one attached hydrogen (secondary N) is 1. The Kier molecular flexibility index (Phi) is 6.06. The summed E-state index contributed by atoms with van der Waals surface area (Å²) in [5.41, 5.74) is 2.10. The van der Waals surface area contributed by atoms with Crippen molar-refractivity contribution >= 4 is 23.1 Å². The molecule has 2 aliphatic rings. The number of alkyl halides is 2. The van der Waals surface area contributed by atoms with Crippen LogP contribution in [0.5, 0.6) is 5.88 Å². The molecule has 0 saturated carbocycles. The number of amides is 1. The van der Waals surface area contributed by atoms with Gasteiger partial charge in [0.2, 0.25) is 11.8 Å². The topological polar surface area (TPSA) is 115 Å². The van der Waals surface area contributed by atoms with Crippen LogP contribution in [-0.4, -0.2) is 58.6 Å². The molecule has 14 heteroatoms. The zero-order valence-corrected chi connectivity index (χ0v) is 20.2. The lowest BCUT2D eigenvalue weighted by Gasteiger charge is -2.33. The first-order valence-electron chi connectivity index (χ1n) is 11.6. The molecule has 10 nitrogen and oxygen atoms in total. The molecule has 1 unspecified atom stereocenters. The van der Waals surface area contributed by atoms with Gasteiger partial charge in [-0.05, 0) is 53.5 Å². The molecule has 5 heterocycles. The van der Waals surface area contributed by atoms with E-state index >= 15 is 4.39 Å². The highest BCUT2D eigenvalue weighted by atomic mass is 35.5. The van der Waals surface area contributed by atoms with E-state index < -0.39 is 12.4 Å². The van der Waals surface area contributed by atoms with E-state index in [1.807, 2.05) is 0 Å². The summed E-state index contributed by atoms with van der Waals surface area (Å²) in [5.74, 6) is -0.592. The molecule has 1 fully saturated rings. The van der Waals surface area contributed by atoms with Crippen molar-refractivity contribution in [2.75, 3.05) is 0 Å². The number of fused-ring (bicyclic) bond motifs is 1. The molecule has 2 aliphatic heterocycles. The number of hydrogen-bond donors (Lipinski definition) is 1. The fourth-order valence-electron chi connectivity index (χ4n) is 5.08. The Labute approximate surface area is 218 Å². The smallest absolute Gasteiger partial charge is 0.388 e. The highest BCUT2D eigenvalue weighted by molar-refractivity contribution is 6.31. The fourth-order valence-corrected chi connectivity index (χ4v) is 5.24. The van der Waals surface area contributed by atoms with E-state index in [4.69, 9.17) is 11.6 Å². The normalized spacial score (nSPS) is 19.1. The number of carbonyl (C=O) groups is 1. The molecular formula is C24H18ClF3N8O2. The molecule has 1 aromatic carbocycles. The van der Waals surface area contributed by atoms with E-state index in [-0.39, 0.29) is 34.5 Å². The van der Waals surface area contributed by atoms with Crippen molar-refractivity contribution in [3.63, 3.8) is 0 Å². The average Bonchev–Trinajstić information content (AvgIpc) is 3.66. The second kappa shape index (κ2) is 9.56. The summed E-state index contributed by atoms with van der Waals surface area (Å²) in [6.45, 7) is -2.99. The minimum atomic E-state index is -2.99. The van der Waals surface area contributed by atoms with Gasteiger partial charge in [-0.2, -0.15) is 13.5 Å². The Balaban J connectivity index is 1.29. The van der Waals surface area contributed by atoms with Crippen LogP contribution in [0, 0.1) is 5.82 Å². The van der Waals surface area contributed by atoms with Gasteiger partial charge in [-0.25, -0.2) is 14.4 Å². The van der Waals surface area contributed by atoms with Crippen LogP contribution in [0.2, 0.25) is 5.02 Å². The Morgan fingerprint density at radius 1 is 1.21 bits per heavy atom. The summed E-state index contributed by atoms with van der Waals surface area (Å²) in [5, 5.41) is 11.0. The van der Waals surface area contributed by atoms with E-state index in [0.717, 1.165) is 0 Å². The Bertz CT molecular complexity index is 1540. The predicted molar refractivity (Wildman–Crippen MR) is 128 cm³/mol. The minimum absolute atomic E-state index is 0.0711. The highest BCUT2D eigenvalue weighted by Crippen LogP contribution is 2.44. The predicted octanol–water partition coefficient (Wildman–Crippen LogP) is 4.36. The second-order valence-corrected chi connectivity index (χ2v) is 9.22. The number of imidazole rings is 1. The first-order chi connectivity index (χ1) is 18.4. The molecule has 3 aromatic heterocycles. The van der Waals surface area contributed by atoms with Crippen LogP contribution in [0.1, 0.15) is 36.7 Å². The van der Waals surface area contributed by atoms with Gasteiger partial charge in [-0.1, -0.05) is 11.6 Å². The van der Waals surface area contributed by atoms with Crippen LogP contribution in [0.15, 0.2) is 49.1 Å². The van der Waals surface area contributed by atoms with Crippen molar-refractivity contribution in [3.05, 3.63) is 71.3 Å². The maximum absolute atomic E-state index is 15.3. The lowest BCUT2D eigenvalue weighted by atomic mass is 9.92. The summed E-state index contributed by atoms with van der Waals surface area (Å²) in [4.78, 5) is 26.6. The molecule has 1 N–H and O–H groups in total. The number of halogens is 4. The SMILES string of the molecule is O=C1C=C(c2c(-n3cnnn3)ccc(Cl)c2F)CC2CC[C@@H](c3nc(-c4ccnc(OC(F)F)c4)c[nH]3)N12. The average molecular weight is 543 g/mol. The largest absolute Gasteiger partial charge is 0.417 e. The Morgan fingerprint density at radius 3 is 2.87 bits per heavy atom. The third kappa shape index (κ3) is 4.28. The van der Waals surface area contributed by atoms with Crippen molar-refractivity contribution in [1.29, 1.82) is 0 Å². The molecule has 194 valence electrons. The number of tetrazole rings is 1. The summed E-state index contributed by atoms with van der Waals surface area (Å²) in [6, 6.07) is 5.49. The third-order valence-electron chi connectivity index (χ3n) is 6.65. The molecule has 38 heavy (non-hydrogen) atoms. The van der Waals surface area contributed by atoms with Crippen LogP contribution in [0.3, 0.4) is 0 Å². The van der Waals surface area contributed by atoms with Gasteiger partial charge in [-0.15, -0.1) is 5.10 Å². The van der Waals surface area contributed by atoms with E-state index in [0.29, 0.717) is 47.6 Å². The molecule has 0 bridgehead atoms. The van der Waals surface area contributed by atoms with Crippen LogP contribution in [-0.2, 0) is 4.79 Å². The number of nitrogens with zero attached hydrogens (tertiary/aromatic N) is 7. The fraction of sp³-hybridized carbons (Fsp3) is 0.250. The van der Waals surface area contributed by atoms with E-state index in [2.05, 4.69) is 35.2 Å². The zero-order chi connectivity index (χ0) is 26.4. The first-order valence-corrected chi connectivity index (χ1v) is 12.0. The summed E-state index contributed by atoms with van der Waals surface area (Å²) < 4.78 is 46.1. The summed E-state index contributed by atoms with van der Waals surface area (Å²) in [7, 11) is 0. The summed E-state index contributed by atoms with van der Waals surface area (Å²) >= 11 is 6.08. The monoisotopic (exact) mass is 542 g/mol. The van der Waals surface area contributed by atoms with Crippen molar-refractivity contribution < 1.29 is 22.7 Å². The van der Waals surface area contributed by atoms with Gasteiger partial charge in [0.05, 0.1) is 22.4 Å². The number of carbonyl (C=O) groups excluding carboxylic acids is 1. The minimum Gasteiger partial charge on any atom is -0.417 e. The van der Waals surface area contributed by atoms with Gasteiger partial charge in [0.15, 0.2) is 5.82 Å². The number of ether oxygens (including phenoxy) is 1. The Hall–Kier alpha value is -4.26. The van der Waals surface area contributed by atoms with E-state index in [9.17, 15) is 13.6 Å². The number of rotatable bonds is 6. The summed E-state index contributed by atoms with van der Waals surface area (Å²) in [6.07, 6.45) is 7.46. The van der Waals surface area contributed by atoms with Gasteiger partial charge in [-0.3, -0.25) is 4.79 Å². The lowest BCUT2D eigenvalue weighted by molar-refractivity contribution is -0.129.